The van der Waals surface area contributed by atoms with Gasteiger partial charge in [-0.1, -0.05) is 32.6 Å². The summed E-state index contributed by atoms with van der Waals surface area (Å²) in [6.45, 7) is 10.7. The van der Waals surface area contributed by atoms with Crippen LogP contribution in [0.2, 0.25) is 0 Å². The molecule has 2 aromatic carbocycles. The Labute approximate surface area is 231 Å². The van der Waals surface area contributed by atoms with Crippen molar-refractivity contribution in [2.24, 2.45) is 10.8 Å². The largest absolute Gasteiger partial charge is 0.508 e. The Bertz CT molecular complexity index is 1630. The lowest BCUT2D eigenvalue weighted by Crippen LogP contribution is -2.60. The summed E-state index contributed by atoms with van der Waals surface area (Å²) in [7, 11) is 1.31. The number of fused-ring (bicyclic) bond motifs is 3. The second kappa shape index (κ2) is 8.66. The minimum Gasteiger partial charge on any atom is -0.508 e. The molecule has 0 fully saturated rings. The summed E-state index contributed by atoms with van der Waals surface area (Å²) in [5.74, 6) is -3.32. The van der Waals surface area contributed by atoms with Gasteiger partial charge in [-0.25, -0.2) is 4.79 Å². The smallest absolute Gasteiger partial charge is 0.337 e. The fourth-order valence-electron chi connectivity index (χ4n) is 7.31. The van der Waals surface area contributed by atoms with E-state index in [9.17, 15) is 34.8 Å². The fraction of sp³-hybridized carbons (Fsp3) is 0.344. The molecule has 0 radical (unpaired) electrons. The van der Waals surface area contributed by atoms with Crippen molar-refractivity contribution in [3.63, 3.8) is 0 Å². The van der Waals surface area contributed by atoms with Crippen molar-refractivity contribution < 1.29 is 39.5 Å². The predicted octanol–water partition coefficient (Wildman–Crippen LogP) is 5.06. The van der Waals surface area contributed by atoms with Crippen LogP contribution in [0.25, 0.3) is 16.7 Å². The molecule has 3 aliphatic carbocycles. The van der Waals surface area contributed by atoms with Gasteiger partial charge in [0.05, 0.1) is 12.7 Å². The van der Waals surface area contributed by atoms with Crippen molar-refractivity contribution >= 4 is 23.1 Å². The van der Waals surface area contributed by atoms with E-state index in [-0.39, 0.29) is 36.2 Å². The Hall–Kier alpha value is -4.17. The van der Waals surface area contributed by atoms with E-state index >= 15 is 0 Å². The maximum atomic E-state index is 13.0. The number of esters is 1. The third kappa shape index (κ3) is 3.52. The van der Waals surface area contributed by atoms with Crippen LogP contribution in [0.1, 0.15) is 60.7 Å². The van der Waals surface area contributed by atoms with E-state index in [1.54, 1.807) is 25.1 Å². The van der Waals surface area contributed by atoms with E-state index in [1.165, 1.54) is 13.2 Å². The summed E-state index contributed by atoms with van der Waals surface area (Å²) in [4.78, 5) is 37.5. The highest BCUT2D eigenvalue weighted by Crippen LogP contribution is 2.65. The maximum absolute atomic E-state index is 13.0. The Balaban J connectivity index is 1.78. The normalized spacial score (nSPS) is 27.6. The first kappa shape index (κ1) is 27.4. The number of aromatic hydroxyl groups is 1. The first-order valence-electron chi connectivity index (χ1n) is 13.0. The number of hydrogen-bond donors (Lipinski definition) is 4. The number of phenols is 1. The van der Waals surface area contributed by atoms with E-state index < -0.39 is 51.1 Å². The van der Waals surface area contributed by atoms with Gasteiger partial charge < -0.3 is 25.2 Å². The number of aryl methyl sites for hydroxylation is 1. The van der Waals surface area contributed by atoms with E-state index in [4.69, 9.17) is 4.74 Å². The molecule has 5 rings (SSSR count). The average Bonchev–Trinajstić information content (AvgIpc) is 2.85. The van der Waals surface area contributed by atoms with Crippen LogP contribution < -0.4 is 0 Å². The maximum Gasteiger partial charge on any atom is 0.337 e. The SMILES string of the molecule is C=C1C2=C(O)[C@@]3(O)C(O)=C(C(C)=O)C(=O)C[C@@]3(C)C[C@@]2(C)Cc2c(-c3cc(C)cc(C(=O)OC)c3)ccc(O)c21. The molecule has 0 saturated heterocycles. The highest BCUT2D eigenvalue weighted by atomic mass is 16.5. The summed E-state index contributed by atoms with van der Waals surface area (Å²) in [6, 6.07) is 8.62. The van der Waals surface area contributed by atoms with Gasteiger partial charge in [-0.3, -0.25) is 9.59 Å². The Morgan fingerprint density at radius 3 is 2.33 bits per heavy atom. The number of Topliss-reactive ketones (excluding diaryl/α,β-unsaturated/α-hetero) is 2. The first-order valence-corrected chi connectivity index (χ1v) is 13.0. The molecule has 0 unspecified atom stereocenters. The van der Waals surface area contributed by atoms with Crippen LogP contribution >= 0.6 is 0 Å². The van der Waals surface area contributed by atoms with Crippen molar-refractivity contribution in [2.75, 3.05) is 7.11 Å². The van der Waals surface area contributed by atoms with Crippen molar-refractivity contribution in [2.45, 2.75) is 52.6 Å². The highest BCUT2D eigenvalue weighted by Gasteiger charge is 2.66. The van der Waals surface area contributed by atoms with Gasteiger partial charge >= 0.3 is 5.97 Å². The van der Waals surface area contributed by atoms with Crippen LogP contribution in [-0.4, -0.2) is 50.7 Å². The minimum absolute atomic E-state index is 0.0877. The molecule has 0 heterocycles. The van der Waals surface area contributed by atoms with Crippen molar-refractivity contribution in [1.29, 1.82) is 0 Å². The third-order valence-corrected chi connectivity index (χ3v) is 8.87. The topological polar surface area (TPSA) is 141 Å². The number of benzene rings is 2. The standard InChI is InChI=1S/C32H32O8/c1-15-9-18(11-19(10-15)29(38)40-6)20-7-8-22(34)24-16(2)26-28(37)32(39)27(36)25(17(3)33)23(35)13-31(32,5)14-30(26,4)12-21(20)24/h7-11,34,36-37,39H,2,12-14H2,1,3-6H3/t30-,31+,32+/m1/s1. The van der Waals surface area contributed by atoms with E-state index in [0.717, 1.165) is 29.2 Å². The lowest BCUT2D eigenvalue weighted by molar-refractivity contribution is -0.141. The molecule has 0 amide bonds. The number of aliphatic hydroxyl groups excluding tert-OH is 2. The second-order valence-corrected chi connectivity index (χ2v) is 11.8. The van der Waals surface area contributed by atoms with E-state index in [0.29, 0.717) is 11.1 Å². The first-order chi connectivity index (χ1) is 18.6. The fourth-order valence-corrected chi connectivity index (χ4v) is 7.31. The van der Waals surface area contributed by atoms with Gasteiger partial charge in [0.25, 0.3) is 0 Å². The van der Waals surface area contributed by atoms with Crippen LogP contribution in [0.3, 0.4) is 0 Å². The molecule has 3 atom stereocenters. The molecule has 3 aliphatic rings. The molecular weight excluding hydrogens is 512 g/mol. The number of aliphatic hydroxyl groups is 3. The molecule has 0 bridgehead atoms. The average molecular weight is 545 g/mol. The highest BCUT2D eigenvalue weighted by molar-refractivity contribution is 6.21. The van der Waals surface area contributed by atoms with E-state index in [1.807, 2.05) is 19.9 Å². The van der Waals surface area contributed by atoms with Crippen molar-refractivity contribution in [3.8, 4) is 16.9 Å². The molecule has 0 spiro atoms. The summed E-state index contributed by atoms with van der Waals surface area (Å²) in [5.41, 5.74) is -0.861. The summed E-state index contributed by atoms with van der Waals surface area (Å²) in [6.07, 6.45) is 0.184. The van der Waals surface area contributed by atoms with Gasteiger partial charge in [-0.2, -0.15) is 0 Å². The number of carbonyl (C=O) groups excluding carboxylic acids is 3. The zero-order valence-electron chi connectivity index (χ0n) is 23.1. The number of ketones is 2. The van der Waals surface area contributed by atoms with Crippen LogP contribution in [-0.2, 0) is 20.7 Å². The van der Waals surface area contributed by atoms with Crippen molar-refractivity contribution in [3.05, 3.63) is 81.8 Å². The molecular formula is C32H32O8. The minimum atomic E-state index is -2.39. The second-order valence-electron chi connectivity index (χ2n) is 11.8. The van der Waals surface area contributed by atoms with E-state index in [2.05, 4.69) is 6.58 Å². The zero-order chi connectivity index (χ0) is 29.5. The molecule has 4 N–H and O–H groups in total. The molecule has 8 heteroatoms. The number of rotatable bonds is 3. The summed E-state index contributed by atoms with van der Waals surface area (Å²) >= 11 is 0. The number of allylic oxidation sites excluding steroid dienone is 3. The Kier molecular flexibility index (Phi) is 5.93. The van der Waals surface area contributed by atoms with Gasteiger partial charge in [-0.15, -0.1) is 0 Å². The number of ether oxygens (including phenoxy) is 1. The molecule has 2 aromatic rings. The quantitative estimate of drug-likeness (QED) is 0.311. The molecule has 40 heavy (non-hydrogen) atoms. The number of carbonyl (C=O) groups is 3. The third-order valence-electron chi connectivity index (χ3n) is 8.87. The van der Waals surface area contributed by atoms with Gasteiger partial charge in [0.1, 0.15) is 22.8 Å². The van der Waals surface area contributed by atoms with Gasteiger partial charge in [0.2, 0.25) is 0 Å². The molecule has 0 saturated carbocycles. The molecule has 208 valence electrons. The van der Waals surface area contributed by atoms with Gasteiger partial charge in [0.15, 0.2) is 17.2 Å². The number of hydrogen-bond acceptors (Lipinski definition) is 8. The van der Waals surface area contributed by atoms with Crippen LogP contribution in [0.5, 0.6) is 5.75 Å². The van der Waals surface area contributed by atoms with Gasteiger partial charge in [0, 0.05) is 28.4 Å². The Morgan fingerprint density at radius 1 is 1.02 bits per heavy atom. The lowest BCUT2D eigenvalue weighted by atomic mass is 9.48. The number of phenolic OH excluding ortho intramolecular Hbond substituents is 1. The van der Waals surface area contributed by atoms with Crippen LogP contribution in [0.4, 0.5) is 0 Å². The molecule has 8 nitrogen and oxygen atoms in total. The van der Waals surface area contributed by atoms with Crippen LogP contribution in [0, 0.1) is 17.8 Å². The molecule has 0 aromatic heterocycles. The summed E-state index contributed by atoms with van der Waals surface area (Å²) < 4.78 is 4.92. The number of methoxy groups -OCH3 is 1. The predicted molar refractivity (Wildman–Crippen MR) is 148 cm³/mol. The monoisotopic (exact) mass is 544 g/mol. The Morgan fingerprint density at radius 2 is 1.70 bits per heavy atom. The summed E-state index contributed by atoms with van der Waals surface area (Å²) in [5, 5.41) is 45.7. The van der Waals surface area contributed by atoms with Crippen LogP contribution in [0.15, 0.2) is 59.6 Å². The van der Waals surface area contributed by atoms with Gasteiger partial charge in [-0.05, 0) is 72.7 Å². The zero-order valence-corrected chi connectivity index (χ0v) is 23.1. The molecule has 0 aliphatic heterocycles. The lowest BCUT2D eigenvalue weighted by Gasteiger charge is -2.57. The van der Waals surface area contributed by atoms with Crippen molar-refractivity contribution in [1.82, 2.24) is 0 Å².